The van der Waals surface area contributed by atoms with Gasteiger partial charge in [0.2, 0.25) is 0 Å². The number of phenols is 2. The number of phenolic OH excluding ortho intramolecular Hbond substituents is 2. The normalized spacial score (nSPS) is 11.7. The molecule has 0 amide bonds. The highest BCUT2D eigenvalue weighted by atomic mass is 19.4. The molecule has 6 heteroatoms. The second kappa shape index (κ2) is 5.77. The first-order chi connectivity index (χ1) is 7.88. The van der Waals surface area contributed by atoms with Gasteiger partial charge in [-0.25, -0.2) is 0 Å². The highest BCUT2D eigenvalue weighted by Gasteiger charge is 2.25. The van der Waals surface area contributed by atoms with Crippen molar-refractivity contribution in [2.45, 2.75) is 25.6 Å². The molecule has 1 aromatic carbocycles. The summed E-state index contributed by atoms with van der Waals surface area (Å²) < 4.78 is 35.4. The van der Waals surface area contributed by atoms with Crippen LogP contribution in [0.15, 0.2) is 18.2 Å². The van der Waals surface area contributed by atoms with E-state index in [1.807, 2.05) is 0 Å². The summed E-state index contributed by atoms with van der Waals surface area (Å²) in [5.41, 5.74) is 0.701. The number of hydrogen-bond acceptors (Lipinski definition) is 3. The quantitative estimate of drug-likeness (QED) is 0.555. The van der Waals surface area contributed by atoms with E-state index in [4.69, 9.17) is 5.11 Å². The summed E-state index contributed by atoms with van der Waals surface area (Å²) in [5.74, 6) is -0.453. The molecular weight excluding hydrogens is 235 g/mol. The van der Waals surface area contributed by atoms with Gasteiger partial charge < -0.3 is 15.5 Å². The number of rotatable bonds is 5. The van der Waals surface area contributed by atoms with Crippen LogP contribution in [-0.2, 0) is 6.54 Å². The summed E-state index contributed by atoms with van der Waals surface area (Å²) in [6, 6.07) is 4.29. The first-order valence-corrected chi connectivity index (χ1v) is 5.17. The summed E-state index contributed by atoms with van der Waals surface area (Å²) >= 11 is 0. The van der Waals surface area contributed by atoms with Crippen LogP contribution in [0.2, 0.25) is 0 Å². The van der Waals surface area contributed by atoms with Crippen LogP contribution in [0, 0.1) is 0 Å². The monoisotopic (exact) mass is 249 g/mol. The van der Waals surface area contributed by atoms with Crippen molar-refractivity contribution < 1.29 is 23.4 Å². The standard InChI is InChI=1S/C11H14F3NO2/c12-11(13,14)4-1-5-15-7-8-2-3-9(16)10(17)6-8/h2-3,6,15-17H,1,4-5,7H2. The maximum absolute atomic E-state index is 11.8. The van der Waals surface area contributed by atoms with E-state index in [1.54, 1.807) is 6.07 Å². The van der Waals surface area contributed by atoms with Crippen molar-refractivity contribution in [3.05, 3.63) is 23.8 Å². The zero-order valence-corrected chi connectivity index (χ0v) is 9.09. The molecule has 0 aliphatic heterocycles. The number of alkyl halides is 3. The van der Waals surface area contributed by atoms with Gasteiger partial charge in [0.05, 0.1) is 0 Å². The van der Waals surface area contributed by atoms with Crippen molar-refractivity contribution in [3.8, 4) is 11.5 Å². The average molecular weight is 249 g/mol. The van der Waals surface area contributed by atoms with E-state index in [2.05, 4.69) is 5.32 Å². The van der Waals surface area contributed by atoms with Gasteiger partial charge in [0.15, 0.2) is 11.5 Å². The Kier molecular flexibility index (Phi) is 4.62. The topological polar surface area (TPSA) is 52.5 Å². The van der Waals surface area contributed by atoms with Crippen LogP contribution in [0.3, 0.4) is 0 Å². The van der Waals surface area contributed by atoms with Crippen LogP contribution in [0.5, 0.6) is 11.5 Å². The summed E-state index contributed by atoms with van der Waals surface area (Å²) in [7, 11) is 0. The summed E-state index contributed by atoms with van der Waals surface area (Å²) in [6.45, 7) is 0.604. The molecule has 3 nitrogen and oxygen atoms in total. The largest absolute Gasteiger partial charge is 0.504 e. The Balaban J connectivity index is 2.25. The smallest absolute Gasteiger partial charge is 0.389 e. The van der Waals surface area contributed by atoms with Gasteiger partial charge >= 0.3 is 6.18 Å². The SMILES string of the molecule is Oc1ccc(CNCCCC(F)(F)F)cc1O. The Labute approximate surface area is 96.9 Å². The molecule has 0 bridgehead atoms. The molecule has 1 rings (SSSR count). The van der Waals surface area contributed by atoms with Gasteiger partial charge in [-0.15, -0.1) is 0 Å². The predicted octanol–water partition coefficient (Wildman–Crippen LogP) is 2.53. The highest BCUT2D eigenvalue weighted by molar-refractivity contribution is 5.40. The molecule has 0 aromatic heterocycles. The lowest BCUT2D eigenvalue weighted by Gasteiger charge is -2.08. The van der Waals surface area contributed by atoms with E-state index in [9.17, 15) is 18.3 Å². The van der Waals surface area contributed by atoms with Crippen molar-refractivity contribution in [3.63, 3.8) is 0 Å². The number of hydrogen-bond donors (Lipinski definition) is 3. The molecule has 1 aromatic rings. The first-order valence-electron chi connectivity index (χ1n) is 5.17. The Morgan fingerprint density at radius 1 is 1.12 bits per heavy atom. The summed E-state index contributed by atoms with van der Waals surface area (Å²) in [6.07, 6.45) is -4.90. The van der Waals surface area contributed by atoms with Crippen LogP contribution in [-0.4, -0.2) is 22.9 Å². The maximum Gasteiger partial charge on any atom is 0.389 e. The lowest BCUT2D eigenvalue weighted by atomic mass is 10.2. The van der Waals surface area contributed by atoms with Crippen LogP contribution in [0.1, 0.15) is 18.4 Å². The van der Waals surface area contributed by atoms with Crippen molar-refractivity contribution in [2.24, 2.45) is 0 Å². The third-order valence-electron chi connectivity index (χ3n) is 2.18. The van der Waals surface area contributed by atoms with Gasteiger partial charge in [0, 0.05) is 13.0 Å². The Morgan fingerprint density at radius 2 is 1.82 bits per heavy atom. The Hall–Kier alpha value is -1.43. The molecule has 0 aliphatic carbocycles. The number of benzene rings is 1. The van der Waals surface area contributed by atoms with Crippen molar-refractivity contribution in [2.75, 3.05) is 6.54 Å². The fourth-order valence-corrected chi connectivity index (χ4v) is 1.33. The minimum absolute atomic E-state index is 0.0214. The van der Waals surface area contributed by atoms with E-state index < -0.39 is 12.6 Å². The van der Waals surface area contributed by atoms with Crippen LogP contribution in [0.4, 0.5) is 13.2 Å². The van der Waals surface area contributed by atoms with Gasteiger partial charge in [-0.3, -0.25) is 0 Å². The van der Waals surface area contributed by atoms with Gasteiger partial charge in [-0.1, -0.05) is 6.07 Å². The molecule has 0 heterocycles. The summed E-state index contributed by atoms with van der Waals surface area (Å²) in [5, 5.41) is 21.1. The van der Waals surface area contributed by atoms with Gasteiger partial charge in [0.25, 0.3) is 0 Å². The zero-order chi connectivity index (χ0) is 12.9. The highest BCUT2D eigenvalue weighted by Crippen LogP contribution is 2.24. The van der Waals surface area contributed by atoms with E-state index >= 15 is 0 Å². The number of nitrogens with one attached hydrogen (secondary N) is 1. The van der Waals surface area contributed by atoms with Gasteiger partial charge in [-0.2, -0.15) is 13.2 Å². The van der Waals surface area contributed by atoms with E-state index in [0.717, 1.165) is 0 Å². The molecule has 0 atom stereocenters. The lowest BCUT2D eigenvalue weighted by molar-refractivity contribution is -0.135. The first kappa shape index (κ1) is 13.6. The third kappa shape index (κ3) is 5.44. The lowest BCUT2D eigenvalue weighted by Crippen LogP contribution is -2.17. The van der Waals surface area contributed by atoms with Crippen molar-refractivity contribution >= 4 is 0 Å². The summed E-state index contributed by atoms with van der Waals surface area (Å²) in [4.78, 5) is 0. The molecular formula is C11H14F3NO2. The van der Waals surface area contributed by atoms with Gasteiger partial charge in [-0.05, 0) is 30.7 Å². The fourth-order valence-electron chi connectivity index (χ4n) is 1.33. The third-order valence-corrected chi connectivity index (χ3v) is 2.18. The molecule has 0 aliphatic rings. The van der Waals surface area contributed by atoms with Crippen LogP contribution in [0.25, 0.3) is 0 Å². The van der Waals surface area contributed by atoms with Crippen LogP contribution < -0.4 is 5.32 Å². The Morgan fingerprint density at radius 3 is 2.41 bits per heavy atom. The zero-order valence-electron chi connectivity index (χ0n) is 9.09. The molecule has 3 N–H and O–H groups in total. The predicted molar refractivity (Wildman–Crippen MR) is 56.8 cm³/mol. The molecule has 0 spiro atoms. The average Bonchev–Trinajstić information content (AvgIpc) is 2.21. The second-order valence-electron chi connectivity index (χ2n) is 3.72. The van der Waals surface area contributed by atoms with E-state index in [1.165, 1.54) is 12.1 Å². The molecule has 96 valence electrons. The number of halogens is 3. The fraction of sp³-hybridized carbons (Fsp3) is 0.455. The molecule has 0 unspecified atom stereocenters. The van der Waals surface area contributed by atoms with Crippen molar-refractivity contribution in [1.82, 2.24) is 5.32 Å². The molecule has 0 radical (unpaired) electrons. The minimum atomic E-state index is -4.11. The second-order valence-corrected chi connectivity index (χ2v) is 3.72. The molecule has 0 fully saturated rings. The maximum atomic E-state index is 11.8. The molecule has 0 saturated carbocycles. The molecule has 17 heavy (non-hydrogen) atoms. The van der Waals surface area contributed by atoms with E-state index in [0.29, 0.717) is 12.1 Å². The number of aromatic hydroxyl groups is 2. The minimum Gasteiger partial charge on any atom is -0.504 e. The van der Waals surface area contributed by atoms with E-state index in [-0.39, 0.29) is 24.5 Å². The van der Waals surface area contributed by atoms with Crippen LogP contribution >= 0.6 is 0 Å². The van der Waals surface area contributed by atoms with Crippen molar-refractivity contribution in [1.29, 1.82) is 0 Å². The van der Waals surface area contributed by atoms with Gasteiger partial charge in [0.1, 0.15) is 0 Å². The Bertz CT molecular complexity index is 366. The molecule has 0 saturated heterocycles.